The Morgan fingerprint density at radius 3 is 2.59 bits per heavy atom. The minimum atomic E-state index is -0.439. The molecule has 0 saturated carbocycles. The van der Waals surface area contributed by atoms with Crippen LogP contribution in [0.1, 0.15) is 15.2 Å². The first-order valence-corrected chi connectivity index (χ1v) is 9.70. The number of thiophene rings is 1. The molecular weight excluding hydrogens is 403 g/mol. The molecular formula is C20H14Cl2N2O2S. The number of ether oxygens (including phenoxy) is 1. The van der Waals surface area contributed by atoms with Crippen molar-refractivity contribution >= 4 is 50.7 Å². The third-order valence-corrected chi connectivity index (χ3v) is 5.87. The normalized spacial score (nSPS) is 11.1. The maximum Gasteiger partial charge on any atom is 0.353 e. The second-order valence-corrected chi connectivity index (χ2v) is 8.01. The van der Waals surface area contributed by atoms with Gasteiger partial charge in [0.1, 0.15) is 21.2 Å². The molecule has 2 aromatic carbocycles. The van der Waals surface area contributed by atoms with Crippen LogP contribution >= 0.6 is 34.5 Å². The van der Waals surface area contributed by atoms with Crippen molar-refractivity contribution in [2.45, 2.75) is 6.92 Å². The Bertz CT molecular complexity index is 1160. The van der Waals surface area contributed by atoms with Crippen molar-refractivity contribution in [2.75, 3.05) is 0 Å². The number of esters is 1. The standard InChI is InChI=1S/C20H14Cl2N2O2S/c1-11-3-8-15(22)16(9-11)26-20(25)17-10-14-18(23-24(2)19(14)27-17)12-4-6-13(21)7-5-12/h3-10H,1-2H3. The highest BCUT2D eigenvalue weighted by molar-refractivity contribution is 7.20. The van der Waals surface area contributed by atoms with Gasteiger partial charge < -0.3 is 4.74 Å². The number of benzene rings is 2. The SMILES string of the molecule is Cc1ccc(Cl)c(OC(=O)c2cc3c(-c4ccc(Cl)cc4)nn(C)c3s2)c1. The van der Waals surface area contributed by atoms with Crippen molar-refractivity contribution in [3.63, 3.8) is 0 Å². The predicted octanol–water partition coefficient (Wildman–Crippen LogP) is 6.14. The second kappa shape index (κ2) is 7.00. The molecule has 2 heterocycles. The van der Waals surface area contributed by atoms with Gasteiger partial charge in [-0.05, 0) is 42.8 Å². The number of hydrogen-bond acceptors (Lipinski definition) is 4. The summed E-state index contributed by atoms with van der Waals surface area (Å²) in [6.07, 6.45) is 0. The van der Waals surface area contributed by atoms with Crippen LogP contribution in [-0.4, -0.2) is 15.7 Å². The molecule has 0 atom stereocenters. The number of carbonyl (C=O) groups excluding carboxylic acids is 1. The van der Waals surface area contributed by atoms with Gasteiger partial charge in [-0.3, -0.25) is 4.68 Å². The highest BCUT2D eigenvalue weighted by atomic mass is 35.5. The molecule has 0 aliphatic heterocycles. The van der Waals surface area contributed by atoms with E-state index in [-0.39, 0.29) is 0 Å². The zero-order valence-electron chi connectivity index (χ0n) is 14.5. The summed E-state index contributed by atoms with van der Waals surface area (Å²) in [4.78, 5) is 14.0. The number of nitrogens with zero attached hydrogens (tertiary/aromatic N) is 2. The zero-order chi connectivity index (χ0) is 19.1. The van der Waals surface area contributed by atoms with Gasteiger partial charge in [0.05, 0.1) is 5.02 Å². The van der Waals surface area contributed by atoms with Gasteiger partial charge in [-0.25, -0.2) is 4.79 Å². The van der Waals surface area contributed by atoms with Crippen molar-refractivity contribution in [1.29, 1.82) is 0 Å². The molecule has 4 aromatic rings. The van der Waals surface area contributed by atoms with Gasteiger partial charge in [-0.15, -0.1) is 11.3 Å². The van der Waals surface area contributed by atoms with E-state index in [2.05, 4.69) is 5.10 Å². The molecule has 2 aromatic heterocycles. The molecule has 0 spiro atoms. The van der Waals surface area contributed by atoms with Crippen LogP contribution in [0.2, 0.25) is 10.0 Å². The summed E-state index contributed by atoms with van der Waals surface area (Å²) in [7, 11) is 1.85. The van der Waals surface area contributed by atoms with Crippen LogP contribution in [0.25, 0.3) is 21.5 Å². The molecule has 0 N–H and O–H groups in total. The van der Waals surface area contributed by atoms with E-state index in [4.69, 9.17) is 27.9 Å². The van der Waals surface area contributed by atoms with E-state index in [9.17, 15) is 4.79 Å². The van der Waals surface area contributed by atoms with Gasteiger partial charge >= 0.3 is 5.97 Å². The quantitative estimate of drug-likeness (QED) is 0.297. The lowest BCUT2D eigenvalue weighted by Crippen LogP contribution is -2.07. The molecule has 0 saturated heterocycles. The first kappa shape index (κ1) is 18.0. The molecule has 0 bridgehead atoms. The van der Waals surface area contributed by atoms with Gasteiger partial charge in [-0.1, -0.05) is 41.4 Å². The van der Waals surface area contributed by atoms with E-state index in [1.165, 1.54) is 11.3 Å². The molecule has 0 aliphatic rings. The lowest BCUT2D eigenvalue weighted by molar-refractivity contribution is 0.0740. The number of aromatic nitrogens is 2. The molecule has 27 heavy (non-hydrogen) atoms. The van der Waals surface area contributed by atoms with Crippen molar-refractivity contribution in [2.24, 2.45) is 7.05 Å². The Balaban J connectivity index is 1.71. The van der Waals surface area contributed by atoms with Gasteiger partial charge in [0.15, 0.2) is 0 Å². The van der Waals surface area contributed by atoms with Crippen LogP contribution in [0.4, 0.5) is 0 Å². The fraction of sp³-hybridized carbons (Fsp3) is 0.100. The van der Waals surface area contributed by atoms with Crippen LogP contribution in [0.3, 0.4) is 0 Å². The average Bonchev–Trinajstić information content (AvgIpc) is 3.20. The fourth-order valence-electron chi connectivity index (χ4n) is 2.80. The first-order chi connectivity index (χ1) is 12.9. The Hall–Kier alpha value is -2.34. The Morgan fingerprint density at radius 1 is 1.11 bits per heavy atom. The number of hydrogen-bond donors (Lipinski definition) is 0. The summed E-state index contributed by atoms with van der Waals surface area (Å²) in [6, 6.07) is 14.6. The molecule has 136 valence electrons. The average molecular weight is 417 g/mol. The van der Waals surface area contributed by atoms with E-state index in [1.54, 1.807) is 16.8 Å². The molecule has 0 aliphatic carbocycles. The Kier molecular flexibility index (Phi) is 4.68. The fourth-order valence-corrected chi connectivity index (χ4v) is 4.03. The summed E-state index contributed by atoms with van der Waals surface area (Å²) in [5, 5.41) is 6.53. The van der Waals surface area contributed by atoms with E-state index in [0.717, 1.165) is 27.0 Å². The first-order valence-electron chi connectivity index (χ1n) is 8.13. The summed E-state index contributed by atoms with van der Waals surface area (Å²) >= 11 is 13.4. The zero-order valence-corrected chi connectivity index (χ0v) is 16.8. The van der Waals surface area contributed by atoms with Crippen LogP contribution < -0.4 is 4.74 Å². The largest absolute Gasteiger partial charge is 0.421 e. The summed E-state index contributed by atoms with van der Waals surface area (Å²) in [5.74, 6) is -0.0825. The molecule has 0 unspecified atom stereocenters. The molecule has 0 fully saturated rings. The Labute approximate surface area is 169 Å². The smallest absolute Gasteiger partial charge is 0.353 e. The Morgan fingerprint density at radius 2 is 1.85 bits per heavy atom. The van der Waals surface area contributed by atoms with Crippen LogP contribution in [0.15, 0.2) is 48.5 Å². The molecule has 0 radical (unpaired) electrons. The minimum absolute atomic E-state index is 0.357. The highest BCUT2D eigenvalue weighted by Gasteiger charge is 2.20. The maximum absolute atomic E-state index is 12.6. The van der Waals surface area contributed by atoms with E-state index < -0.39 is 5.97 Å². The van der Waals surface area contributed by atoms with Gasteiger partial charge in [-0.2, -0.15) is 5.10 Å². The van der Waals surface area contributed by atoms with Crippen molar-refractivity contribution in [3.8, 4) is 17.0 Å². The van der Waals surface area contributed by atoms with Crippen molar-refractivity contribution in [1.82, 2.24) is 9.78 Å². The van der Waals surface area contributed by atoms with Crippen LogP contribution in [0, 0.1) is 6.92 Å². The summed E-state index contributed by atoms with van der Waals surface area (Å²) in [6.45, 7) is 1.91. The van der Waals surface area contributed by atoms with Crippen molar-refractivity contribution < 1.29 is 9.53 Å². The second-order valence-electron chi connectivity index (χ2n) is 6.13. The summed E-state index contributed by atoms with van der Waals surface area (Å²) in [5.41, 5.74) is 2.70. The van der Waals surface area contributed by atoms with Gasteiger partial charge in [0, 0.05) is 23.0 Å². The number of rotatable bonds is 3. The monoisotopic (exact) mass is 416 g/mol. The minimum Gasteiger partial charge on any atom is -0.421 e. The number of aryl methyl sites for hydroxylation is 2. The molecule has 4 nitrogen and oxygen atoms in total. The lowest BCUT2D eigenvalue weighted by atomic mass is 10.1. The predicted molar refractivity (Wildman–Crippen MR) is 110 cm³/mol. The topological polar surface area (TPSA) is 44.1 Å². The van der Waals surface area contributed by atoms with Crippen LogP contribution in [-0.2, 0) is 7.05 Å². The van der Waals surface area contributed by atoms with E-state index in [1.807, 2.05) is 50.4 Å². The summed E-state index contributed by atoms with van der Waals surface area (Å²) < 4.78 is 7.27. The highest BCUT2D eigenvalue weighted by Crippen LogP contribution is 2.35. The van der Waals surface area contributed by atoms with Crippen LogP contribution in [0.5, 0.6) is 5.75 Å². The lowest BCUT2D eigenvalue weighted by Gasteiger charge is -2.05. The number of halogens is 2. The van der Waals surface area contributed by atoms with Gasteiger partial charge in [0.25, 0.3) is 0 Å². The third kappa shape index (κ3) is 3.46. The van der Waals surface area contributed by atoms with Gasteiger partial charge in [0.2, 0.25) is 0 Å². The molecule has 7 heteroatoms. The third-order valence-electron chi connectivity index (χ3n) is 4.12. The number of carbonyl (C=O) groups is 1. The number of fused-ring (bicyclic) bond motifs is 1. The van der Waals surface area contributed by atoms with E-state index in [0.29, 0.717) is 20.7 Å². The van der Waals surface area contributed by atoms with E-state index >= 15 is 0 Å². The van der Waals surface area contributed by atoms with Crippen molar-refractivity contribution in [3.05, 3.63) is 69.0 Å². The molecule has 0 amide bonds. The molecule has 4 rings (SSSR count). The maximum atomic E-state index is 12.6.